The second-order valence-corrected chi connectivity index (χ2v) is 3.68. The van der Waals surface area contributed by atoms with Crippen molar-refractivity contribution in [2.75, 3.05) is 0 Å². The van der Waals surface area contributed by atoms with Gasteiger partial charge in [0.05, 0.1) is 5.02 Å². The smallest absolute Gasteiger partial charge is 0.200 e. The summed E-state index contributed by atoms with van der Waals surface area (Å²) in [6.07, 6.45) is 3.52. The van der Waals surface area contributed by atoms with Gasteiger partial charge in [-0.15, -0.1) is 5.10 Å². The first-order valence-electron chi connectivity index (χ1n) is 4.77. The first-order chi connectivity index (χ1) is 7.84. The third-order valence-corrected chi connectivity index (χ3v) is 2.50. The highest BCUT2D eigenvalue weighted by molar-refractivity contribution is 6.33. The number of hydrogen-bond acceptors (Lipinski definition) is 3. The molecule has 0 spiro atoms. The van der Waals surface area contributed by atoms with Crippen LogP contribution in [-0.4, -0.2) is 19.6 Å². The molecule has 0 radical (unpaired) electrons. The predicted octanol–water partition coefficient (Wildman–Crippen LogP) is 2.44. The zero-order valence-electron chi connectivity index (χ0n) is 8.21. The zero-order chi connectivity index (χ0) is 11.0. The highest BCUT2D eigenvalue weighted by Crippen LogP contribution is 2.18. The maximum atomic E-state index is 6.01. The van der Waals surface area contributed by atoms with Crippen molar-refractivity contribution in [3.63, 3.8) is 0 Å². The lowest BCUT2D eigenvalue weighted by molar-refractivity contribution is 0.962. The van der Waals surface area contributed by atoms with Crippen LogP contribution in [0.5, 0.6) is 0 Å². The number of nitrogens with zero attached hydrogens (tertiary/aromatic N) is 4. The Labute approximate surface area is 96.5 Å². The molecule has 0 amide bonds. The van der Waals surface area contributed by atoms with E-state index in [1.807, 2.05) is 24.3 Å². The molecule has 0 N–H and O–H groups in total. The molecule has 0 aliphatic rings. The molecule has 3 aromatic heterocycles. The van der Waals surface area contributed by atoms with Crippen LogP contribution in [0, 0.1) is 0 Å². The number of hydrogen-bond donors (Lipinski definition) is 0. The molecule has 3 heterocycles. The van der Waals surface area contributed by atoms with E-state index in [2.05, 4.69) is 15.1 Å². The number of aromatic nitrogens is 4. The van der Waals surface area contributed by atoms with Crippen LogP contribution < -0.4 is 0 Å². The Hall–Kier alpha value is -1.94. The van der Waals surface area contributed by atoms with Crippen LogP contribution in [0.3, 0.4) is 0 Å². The van der Waals surface area contributed by atoms with Gasteiger partial charge < -0.3 is 0 Å². The molecule has 0 atom stereocenters. The fourth-order valence-electron chi connectivity index (χ4n) is 1.48. The van der Waals surface area contributed by atoms with Gasteiger partial charge in [0, 0.05) is 12.4 Å². The summed E-state index contributed by atoms with van der Waals surface area (Å²) in [6, 6.07) is 9.23. The van der Waals surface area contributed by atoms with Gasteiger partial charge in [0.1, 0.15) is 5.69 Å². The van der Waals surface area contributed by atoms with Gasteiger partial charge in [-0.2, -0.15) is 0 Å². The summed E-state index contributed by atoms with van der Waals surface area (Å²) in [4.78, 5) is 8.53. The SMILES string of the molecule is Clc1cccn2nc(-c3ccccn3)nc12. The van der Waals surface area contributed by atoms with Crippen molar-refractivity contribution in [1.29, 1.82) is 0 Å². The van der Waals surface area contributed by atoms with Gasteiger partial charge in [-0.05, 0) is 24.3 Å². The largest absolute Gasteiger partial charge is 0.253 e. The Morgan fingerprint density at radius 2 is 2.06 bits per heavy atom. The van der Waals surface area contributed by atoms with Crippen LogP contribution in [0.15, 0.2) is 42.7 Å². The summed E-state index contributed by atoms with van der Waals surface area (Å²) < 4.78 is 1.65. The quantitative estimate of drug-likeness (QED) is 0.645. The summed E-state index contributed by atoms with van der Waals surface area (Å²) >= 11 is 6.01. The third kappa shape index (κ3) is 1.44. The van der Waals surface area contributed by atoms with E-state index in [9.17, 15) is 0 Å². The Balaban J connectivity index is 2.23. The minimum absolute atomic E-state index is 0.578. The summed E-state index contributed by atoms with van der Waals surface area (Å²) in [6.45, 7) is 0. The molecule has 4 nitrogen and oxygen atoms in total. The fourth-order valence-corrected chi connectivity index (χ4v) is 1.68. The maximum Gasteiger partial charge on any atom is 0.200 e. The molecule has 5 heteroatoms. The molecule has 78 valence electrons. The first-order valence-corrected chi connectivity index (χ1v) is 5.15. The van der Waals surface area contributed by atoms with E-state index in [-0.39, 0.29) is 0 Å². The van der Waals surface area contributed by atoms with Gasteiger partial charge in [0.15, 0.2) is 5.65 Å². The van der Waals surface area contributed by atoms with Gasteiger partial charge in [0.25, 0.3) is 0 Å². The van der Waals surface area contributed by atoms with Crippen LogP contribution in [0.1, 0.15) is 0 Å². The zero-order valence-corrected chi connectivity index (χ0v) is 8.96. The molecule has 0 bridgehead atoms. The lowest BCUT2D eigenvalue weighted by Crippen LogP contribution is -1.87. The predicted molar refractivity (Wildman–Crippen MR) is 61.2 cm³/mol. The van der Waals surface area contributed by atoms with Crippen molar-refractivity contribution in [3.05, 3.63) is 47.7 Å². The van der Waals surface area contributed by atoms with Crippen LogP contribution in [0.25, 0.3) is 17.2 Å². The Kier molecular flexibility index (Phi) is 2.08. The fraction of sp³-hybridized carbons (Fsp3) is 0. The van der Waals surface area contributed by atoms with E-state index in [4.69, 9.17) is 11.6 Å². The minimum atomic E-state index is 0.578. The van der Waals surface area contributed by atoms with E-state index >= 15 is 0 Å². The number of halogens is 1. The average Bonchev–Trinajstić information content (AvgIpc) is 2.76. The highest BCUT2D eigenvalue weighted by atomic mass is 35.5. The average molecular weight is 231 g/mol. The van der Waals surface area contributed by atoms with Crippen molar-refractivity contribution in [3.8, 4) is 11.5 Å². The van der Waals surface area contributed by atoms with E-state index in [1.54, 1.807) is 23.0 Å². The number of fused-ring (bicyclic) bond motifs is 1. The minimum Gasteiger partial charge on any atom is -0.253 e. The van der Waals surface area contributed by atoms with Gasteiger partial charge in [0.2, 0.25) is 5.82 Å². The maximum absolute atomic E-state index is 6.01. The van der Waals surface area contributed by atoms with Gasteiger partial charge in [-0.25, -0.2) is 9.50 Å². The lowest BCUT2D eigenvalue weighted by atomic mass is 10.3. The Morgan fingerprint density at radius 3 is 2.81 bits per heavy atom. The molecule has 0 aliphatic carbocycles. The molecule has 0 saturated carbocycles. The summed E-state index contributed by atoms with van der Waals surface area (Å²) in [5.41, 5.74) is 1.38. The molecular formula is C11H7ClN4. The van der Waals surface area contributed by atoms with Crippen molar-refractivity contribution in [2.24, 2.45) is 0 Å². The van der Waals surface area contributed by atoms with Gasteiger partial charge in [-0.1, -0.05) is 17.7 Å². The molecule has 3 rings (SSSR count). The molecule has 0 aromatic carbocycles. The van der Waals surface area contributed by atoms with Crippen molar-refractivity contribution < 1.29 is 0 Å². The molecule has 0 fully saturated rings. The Morgan fingerprint density at radius 1 is 1.12 bits per heavy atom. The van der Waals surface area contributed by atoms with Crippen LogP contribution in [-0.2, 0) is 0 Å². The molecular weight excluding hydrogens is 224 g/mol. The summed E-state index contributed by atoms with van der Waals surface area (Å²) in [5.74, 6) is 0.578. The summed E-state index contributed by atoms with van der Waals surface area (Å²) in [7, 11) is 0. The number of pyridine rings is 2. The molecule has 3 aromatic rings. The second kappa shape index (κ2) is 3.57. The van der Waals surface area contributed by atoms with E-state index < -0.39 is 0 Å². The Bertz CT molecular complexity index is 633. The van der Waals surface area contributed by atoms with Crippen molar-refractivity contribution in [2.45, 2.75) is 0 Å². The molecule has 16 heavy (non-hydrogen) atoms. The first kappa shape index (κ1) is 9.30. The van der Waals surface area contributed by atoms with Crippen molar-refractivity contribution >= 4 is 17.2 Å². The highest BCUT2D eigenvalue weighted by Gasteiger charge is 2.08. The van der Waals surface area contributed by atoms with E-state index in [0.29, 0.717) is 16.5 Å². The third-order valence-electron chi connectivity index (χ3n) is 2.21. The lowest BCUT2D eigenvalue weighted by Gasteiger charge is -1.90. The topological polar surface area (TPSA) is 43.1 Å². The second-order valence-electron chi connectivity index (χ2n) is 3.27. The molecule has 0 saturated heterocycles. The van der Waals surface area contributed by atoms with E-state index in [0.717, 1.165) is 5.69 Å². The van der Waals surface area contributed by atoms with Crippen LogP contribution in [0.2, 0.25) is 5.02 Å². The van der Waals surface area contributed by atoms with Gasteiger partial charge >= 0.3 is 0 Å². The van der Waals surface area contributed by atoms with Gasteiger partial charge in [-0.3, -0.25) is 4.98 Å². The van der Waals surface area contributed by atoms with Crippen LogP contribution >= 0.6 is 11.6 Å². The number of rotatable bonds is 1. The summed E-state index contributed by atoms with van der Waals surface area (Å²) in [5, 5.41) is 4.88. The van der Waals surface area contributed by atoms with E-state index in [1.165, 1.54) is 0 Å². The van der Waals surface area contributed by atoms with Crippen molar-refractivity contribution in [1.82, 2.24) is 19.6 Å². The monoisotopic (exact) mass is 230 g/mol. The normalized spacial score (nSPS) is 10.8. The molecule has 0 aliphatic heterocycles. The molecule has 0 unspecified atom stereocenters. The standard InChI is InChI=1S/C11H7ClN4/c12-8-4-3-7-16-11(8)14-10(15-16)9-5-1-2-6-13-9/h1-7H. The van der Waals surface area contributed by atoms with Crippen LogP contribution in [0.4, 0.5) is 0 Å².